The molecule has 0 radical (unpaired) electrons. The zero-order valence-electron chi connectivity index (χ0n) is 9.79. The Balaban J connectivity index is 1.82. The van der Waals surface area contributed by atoms with E-state index in [4.69, 9.17) is 17.3 Å². The van der Waals surface area contributed by atoms with Crippen LogP contribution in [-0.2, 0) is 13.1 Å². The fourth-order valence-electron chi connectivity index (χ4n) is 2.30. The molecule has 5 nitrogen and oxygen atoms in total. The predicted octanol–water partition coefficient (Wildman–Crippen LogP) is 1.51. The molecule has 2 aromatic rings. The van der Waals surface area contributed by atoms with Crippen molar-refractivity contribution in [2.75, 3.05) is 13.1 Å². The second-order valence-electron chi connectivity index (χ2n) is 4.33. The minimum atomic E-state index is 0.216. The van der Waals surface area contributed by atoms with Crippen molar-refractivity contribution in [3.8, 4) is 0 Å². The number of nitrogens with two attached hydrogens (primary N) is 1. The lowest BCUT2D eigenvalue weighted by Crippen LogP contribution is -2.39. The van der Waals surface area contributed by atoms with Crippen LogP contribution in [0.25, 0.3) is 0 Å². The highest BCUT2D eigenvalue weighted by atomic mass is 35.5. The van der Waals surface area contributed by atoms with E-state index in [1.54, 1.807) is 17.7 Å². The summed E-state index contributed by atoms with van der Waals surface area (Å²) in [7, 11) is 0. The van der Waals surface area contributed by atoms with Crippen LogP contribution in [0.5, 0.6) is 0 Å². The summed E-state index contributed by atoms with van der Waals surface area (Å²) in [6, 6.07) is 2.22. The molecule has 1 unspecified atom stereocenters. The number of aromatic nitrogens is 3. The molecule has 18 heavy (non-hydrogen) atoms. The van der Waals surface area contributed by atoms with Crippen LogP contribution >= 0.6 is 22.9 Å². The number of hydrogen-bond acceptors (Lipinski definition) is 5. The Labute approximate surface area is 114 Å². The summed E-state index contributed by atoms with van der Waals surface area (Å²) in [6.45, 7) is 3.25. The summed E-state index contributed by atoms with van der Waals surface area (Å²) in [5, 5.41) is 10.8. The summed E-state index contributed by atoms with van der Waals surface area (Å²) >= 11 is 7.65. The standard InChI is InChI=1S/C11H14ClN5S/c12-8-3-10(18-6-8)9(4-13)16-1-2-17-7-14-15-11(17)5-16/h3,6-7,9H,1-2,4-5,13H2. The van der Waals surface area contributed by atoms with Crippen LogP contribution in [-0.4, -0.2) is 32.8 Å². The second kappa shape index (κ2) is 4.97. The molecular weight excluding hydrogens is 270 g/mol. The molecule has 0 fully saturated rings. The van der Waals surface area contributed by atoms with Crippen LogP contribution in [0.2, 0.25) is 5.02 Å². The average Bonchev–Trinajstić information content (AvgIpc) is 2.99. The number of rotatable bonds is 3. The van der Waals surface area contributed by atoms with Crippen molar-refractivity contribution in [1.82, 2.24) is 19.7 Å². The van der Waals surface area contributed by atoms with Gasteiger partial charge in [-0.2, -0.15) is 0 Å². The van der Waals surface area contributed by atoms with Gasteiger partial charge in [-0.25, -0.2) is 0 Å². The minimum absolute atomic E-state index is 0.216. The van der Waals surface area contributed by atoms with Gasteiger partial charge in [0.15, 0.2) is 0 Å². The second-order valence-corrected chi connectivity index (χ2v) is 5.71. The van der Waals surface area contributed by atoms with E-state index in [1.165, 1.54) is 4.88 Å². The maximum absolute atomic E-state index is 5.99. The quantitative estimate of drug-likeness (QED) is 0.928. The first-order chi connectivity index (χ1) is 8.78. The van der Waals surface area contributed by atoms with Crippen molar-refractivity contribution >= 4 is 22.9 Å². The maximum Gasteiger partial charge on any atom is 0.147 e. The van der Waals surface area contributed by atoms with Crippen molar-refractivity contribution in [3.63, 3.8) is 0 Å². The van der Waals surface area contributed by atoms with Crippen LogP contribution in [0.1, 0.15) is 16.7 Å². The van der Waals surface area contributed by atoms with E-state index in [0.29, 0.717) is 6.54 Å². The van der Waals surface area contributed by atoms with Gasteiger partial charge in [-0.1, -0.05) is 11.6 Å². The first-order valence-electron chi connectivity index (χ1n) is 5.82. The van der Waals surface area contributed by atoms with E-state index in [-0.39, 0.29) is 6.04 Å². The van der Waals surface area contributed by atoms with E-state index in [1.807, 2.05) is 11.4 Å². The number of halogens is 1. The van der Waals surface area contributed by atoms with E-state index < -0.39 is 0 Å². The summed E-state index contributed by atoms with van der Waals surface area (Å²) in [5.74, 6) is 1.00. The normalized spacial score (nSPS) is 17.7. The number of thiophene rings is 1. The van der Waals surface area contributed by atoms with Gasteiger partial charge in [-0.05, 0) is 6.07 Å². The van der Waals surface area contributed by atoms with Crippen LogP contribution in [0.4, 0.5) is 0 Å². The topological polar surface area (TPSA) is 60.0 Å². The van der Waals surface area contributed by atoms with E-state index in [9.17, 15) is 0 Å². The Hall–Kier alpha value is -0.950. The van der Waals surface area contributed by atoms with Gasteiger partial charge in [-0.15, -0.1) is 21.5 Å². The molecule has 3 heterocycles. The fourth-order valence-corrected chi connectivity index (χ4v) is 3.53. The molecule has 7 heteroatoms. The van der Waals surface area contributed by atoms with Crippen molar-refractivity contribution in [2.24, 2.45) is 5.73 Å². The third kappa shape index (κ3) is 2.16. The molecule has 0 amide bonds. The molecule has 2 N–H and O–H groups in total. The molecule has 3 rings (SSSR count). The van der Waals surface area contributed by atoms with Crippen molar-refractivity contribution in [1.29, 1.82) is 0 Å². The lowest BCUT2D eigenvalue weighted by Gasteiger charge is -2.33. The van der Waals surface area contributed by atoms with E-state index in [0.717, 1.165) is 30.5 Å². The Morgan fingerprint density at radius 3 is 3.11 bits per heavy atom. The third-order valence-electron chi connectivity index (χ3n) is 3.25. The Morgan fingerprint density at radius 1 is 1.50 bits per heavy atom. The highest BCUT2D eigenvalue weighted by Crippen LogP contribution is 2.30. The van der Waals surface area contributed by atoms with Gasteiger partial charge in [0.05, 0.1) is 17.6 Å². The smallest absolute Gasteiger partial charge is 0.147 e. The molecule has 0 saturated heterocycles. The zero-order chi connectivity index (χ0) is 12.5. The molecule has 1 aliphatic rings. The molecular formula is C11H14ClN5S. The van der Waals surface area contributed by atoms with Gasteiger partial charge in [-0.3, -0.25) is 4.90 Å². The lowest BCUT2D eigenvalue weighted by molar-refractivity contribution is 0.158. The van der Waals surface area contributed by atoms with E-state index >= 15 is 0 Å². The highest BCUT2D eigenvalue weighted by Gasteiger charge is 2.25. The van der Waals surface area contributed by atoms with Crippen molar-refractivity contribution in [3.05, 3.63) is 33.5 Å². The van der Waals surface area contributed by atoms with Gasteiger partial charge >= 0.3 is 0 Å². The van der Waals surface area contributed by atoms with Gasteiger partial charge < -0.3 is 10.3 Å². The van der Waals surface area contributed by atoms with Crippen LogP contribution < -0.4 is 5.73 Å². The van der Waals surface area contributed by atoms with Crippen LogP contribution in [0, 0.1) is 0 Å². The largest absolute Gasteiger partial charge is 0.329 e. The van der Waals surface area contributed by atoms with Crippen LogP contribution in [0.15, 0.2) is 17.8 Å². The SMILES string of the molecule is NCC(c1cc(Cl)cs1)N1CCn2cnnc2C1. The Kier molecular flexibility index (Phi) is 3.34. The molecule has 0 aromatic carbocycles. The van der Waals surface area contributed by atoms with Crippen molar-refractivity contribution < 1.29 is 0 Å². The number of hydrogen-bond donors (Lipinski definition) is 1. The minimum Gasteiger partial charge on any atom is -0.329 e. The lowest BCUT2D eigenvalue weighted by atomic mass is 10.2. The van der Waals surface area contributed by atoms with Gasteiger partial charge in [0.1, 0.15) is 12.2 Å². The highest BCUT2D eigenvalue weighted by molar-refractivity contribution is 7.10. The fraction of sp³-hybridized carbons (Fsp3) is 0.455. The molecule has 2 aromatic heterocycles. The predicted molar refractivity (Wildman–Crippen MR) is 71.6 cm³/mol. The summed E-state index contributed by atoms with van der Waals surface area (Å²) in [6.07, 6.45) is 1.78. The molecule has 1 atom stereocenters. The zero-order valence-corrected chi connectivity index (χ0v) is 11.4. The maximum atomic E-state index is 5.99. The van der Waals surface area contributed by atoms with Crippen LogP contribution in [0.3, 0.4) is 0 Å². The van der Waals surface area contributed by atoms with Crippen molar-refractivity contribution in [2.45, 2.75) is 19.1 Å². The number of nitrogens with zero attached hydrogens (tertiary/aromatic N) is 4. The molecule has 0 saturated carbocycles. The van der Waals surface area contributed by atoms with E-state index in [2.05, 4.69) is 19.7 Å². The van der Waals surface area contributed by atoms with Gasteiger partial charge in [0, 0.05) is 29.9 Å². The first kappa shape index (κ1) is 12.1. The molecule has 0 aliphatic carbocycles. The average molecular weight is 284 g/mol. The third-order valence-corrected chi connectivity index (χ3v) is 4.63. The first-order valence-corrected chi connectivity index (χ1v) is 7.08. The Morgan fingerprint density at radius 2 is 2.39 bits per heavy atom. The molecule has 96 valence electrons. The molecule has 0 spiro atoms. The Bertz CT molecular complexity index is 537. The summed E-state index contributed by atoms with van der Waals surface area (Å²) < 4.78 is 2.09. The molecule has 1 aliphatic heterocycles. The summed E-state index contributed by atoms with van der Waals surface area (Å²) in [4.78, 5) is 3.56. The van der Waals surface area contributed by atoms with Gasteiger partial charge in [0.25, 0.3) is 0 Å². The van der Waals surface area contributed by atoms with Gasteiger partial charge in [0.2, 0.25) is 0 Å². The number of fused-ring (bicyclic) bond motifs is 1. The molecule has 0 bridgehead atoms. The monoisotopic (exact) mass is 283 g/mol. The summed E-state index contributed by atoms with van der Waals surface area (Å²) in [5.41, 5.74) is 5.92.